The number of nitrogens with one attached hydrogen (secondary N) is 1. The molecule has 0 unspecified atom stereocenters. The minimum absolute atomic E-state index is 0.270. The summed E-state index contributed by atoms with van der Waals surface area (Å²) >= 11 is 0. The number of carbonyl (C=O) groups is 1. The number of rotatable bonds is 8. The Kier molecular flexibility index (Phi) is 7.53. The fourth-order valence-electron chi connectivity index (χ4n) is 3.48. The maximum absolute atomic E-state index is 12.8. The van der Waals surface area contributed by atoms with Gasteiger partial charge < -0.3 is 19.5 Å². The lowest BCUT2D eigenvalue weighted by molar-refractivity contribution is 0.102. The molecule has 1 amide bonds. The molecule has 2 aromatic heterocycles. The normalized spacial score (nSPS) is 10.5. The third-order valence-electron chi connectivity index (χ3n) is 5.41. The lowest BCUT2D eigenvalue weighted by Crippen LogP contribution is -2.20. The van der Waals surface area contributed by atoms with Crippen LogP contribution in [0.25, 0.3) is 22.5 Å². The highest BCUT2D eigenvalue weighted by Crippen LogP contribution is 2.28. The number of amides is 1. The van der Waals surface area contributed by atoms with Gasteiger partial charge in [0, 0.05) is 30.7 Å². The molecule has 0 radical (unpaired) electrons. The van der Waals surface area contributed by atoms with Gasteiger partial charge in [0.15, 0.2) is 0 Å². The molecule has 4 rings (SSSR count). The highest BCUT2D eigenvalue weighted by atomic mass is 16.5. The van der Waals surface area contributed by atoms with Gasteiger partial charge in [0.05, 0.1) is 17.8 Å². The first kappa shape index (κ1) is 25.0. The summed E-state index contributed by atoms with van der Waals surface area (Å²) in [6.07, 6.45) is 1.37. The summed E-state index contributed by atoms with van der Waals surface area (Å²) in [7, 11) is 3.84. The number of aromatic nitrogens is 3. The zero-order valence-electron chi connectivity index (χ0n) is 20.5. The molecular formula is C27H23N7O3. The van der Waals surface area contributed by atoms with Crippen LogP contribution in [0.3, 0.4) is 0 Å². The monoisotopic (exact) mass is 493 g/mol. The van der Waals surface area contributed by atoms with Crippen LogP contribution in [0, 0.1) is 29.6 Å². The number of aryl methyl sites for hydroxylation is 1. The smallest absolute Gasteiger partial charge is 0.256 e. The van der Waals surface area contributed by atoms with Gasteiger partial charge in [0.2, 0.25) is 11.7 Å². The van der Waals surface area contributed by atoms with Crippen molar-refractivity contribution in [2.75, 3.05) is 32.6 Å². The van der Waals surface area contributed by atoms with Gasteiger partial charge in [0.1, 0.15) is 29.8 Å². The highest BCUT2D eigenvalue weighted by molar-refractivity contribution is 6.04. The summed E-state index contributed by atoms with van der Waals surface area (Å²) in [5.74, 6) is 1.11. The maximum Gasteiger partial charge on any atom is 0.256 e. The number of benzene rings is 2. The van der Waals surface area contributed by atoms with Crippen LogP contribution in [-0.2, 0) is 0 Å². The second-order valence-corrected chi connectivity index (χ2v) is 8.37. The van der Waals surface area contributed by atoms with E-state index in [0.29, 0.717) is 52.9 Å². The number of ether oxygens (including phenoxy) is 1. The van der Waals surface area contributed by atoms with Crippen LogP contribution in [-0.4, -0.2) is 53.2 Å². The number of carbonyl (C=O) groups excluding carboxylic acids is 1. The topological polar surface area (TPSA) is 141 Å². The first-order valence-electron chi connectivity index (χ1n) is 11.3. The van der Waals surface area contributed by atoms with Crippen molar-refractivity contribution in [1.82, 2.24) is 20.0 Å². The van der Waals surface area contributed by atoms with Crippen LogP contribution in [0.15, 0.2) is 59.3 Å². The van der Waals surface area contributed by atoms with Crippen LogP contribution >= 0.6 is 0 Å². The van der Waals surface area contributed by atoms with Gasteiger partial charge in [-0.2, -0.15) is 15.5 Å². The molecule has 0 aliphatic rings. The standard InChI is InChI=1S/C27H23N7O3/c1-17-31-26(33-37-17)20-8-9-23(21(12-20)14-28)18-4-6-19(7-5-18)27(35)32-25-13-24(22(15-29)16-30-25)36-11-10-34(2)3/h4-9,12-13,16H,10-11H2,1-3H3,(H,30,32,35). The molecule has 0 atom stereocenters. The fraction of sp³-hybridized carbons (Fsp3) is 0.185. The van der Waals surface area contributed by atoms with Gasteiger partial charge in [0.25, 0.3) is 5.91 Å². The molecular weight excluding hydrogens is 470 g/mol. The van der Waals surface area contributed by atoms with Crippen LogP contribution in [0.2, 0.25) is 0 Å². The van der Waals surface area contributed by atoms with E-state index in [0.717, 1.165) is 5.56 Å². The minimum atomic E-state index is -0.369. The largest absolute Gasteiger partial charge is 0.491 e. The first-order chi connectivity index (χ1) is 17.9. The number of anilines is 1. The second-order valence-electron chi connectivity index (χ2n) is 8.37. The van der Waals surface area contributed by atoms with E-state index in [4.69, 9.17) is 9.26 Å². The van der Waals surface area contributed by atoms with Crippen molar-refractivity contribution in [3.63, 3.8) is 0 Å². The van der Waals surface area contributed by atoms with E-state index in [1.54, 1.807) is 37.3 Å². The van der Waals surface area contributed by atoms with Crippen molar-refractivity contribution in [3.8, 4) is 40.4 Å². The summed E-state index contributed by atoms with van der Waals surface area (Å²) in [6, 6.07) is 18.0. The summed E-state index contributed by atoms with van der Waals surface area (Å²) in [6.45, 7) is 2.76. The van der Waals surface area contributed by atoms with E-state index >= 15 is 0 Å². The van der Waals surface area contributed by atoms with Crippen LogP contribution in [0.5, 0.6) is 5.75 Å². The van der Waals surface area contributed by atoms with E-state index in [1.165, 1.54) is 12.3 Å². The number of hydrogen-bond acceptors (Lipinski definition) is 9. The molecule has 4 aromatic rings. The van der Waals surface area contributed by atoms with Crippen molar-refractivity contribution < 1.29 is 14.1 Å². The number of hydrogen-bond donors (Lipinski definition) is 1. The quantitative estimate of drug-likeness (QED) is 0.385. The van der Waals surface area contributed by atoms with E-state index in [2.05, 4.69) is 26.5 Å². The minimum Gasteiger partial charge on any atom is -0.491 e. The number of nitriles is 2. The predicted molar refractivity (Wildman–Crippen MR) is 136 cm³/mol. The van der Waals surface area contributed by atoms with Crippen molar-refractivity contribution >= 4 is 11.7 Å². The van der Waals surface area contributed by atoms with Crippen LogP contribution < -0.4 is 10.1 Å². The molecule has 1 N–H and O–H groups in total. The third-order valence-corrected chi connectivity index (χ3v) is 5.41. The van der Waals surface area contributed by atoms with E-state index in [-0.39, 0.29) is 17.3 Å². The van der Waals surface area contributed by atoms with Gasteiger partial charge in [-0.3, -0.25) is 4.79 Å². The van der Waals surface area contributed by atoms with Gasteiger partial charge in [-0.1, -0.05) is 29.4 Å². The van der Waals surface area contributed by atoms with Crippen LogP contribution in [0.4, 0.5) is 5.82 Å². The van der Waals surface area contributed by atoms with E-state index < -0.39 is 0 Å². The van der Waals surface area contributed by atoms with Crippen LogP contribution in [0.1, 0.15) is 27.4 Å². The summed E-state index contributed by atoms with van der Waals surface area (Å²) < 4.78 is 10.7. The van der Waals surface area contributed by atoms with Crippen molar-refractivity contribution in [1.29, 1.82) is 10.5 Å². The Balaban J connectivity index is 1.49. The molecule has 0 saturated carbocycles. The molecule has 10 heteroatoms. The van der Waals surface area contributed by atoms with Crippen molar-refractivity contribution in [2.45, 2.75) is 6.92 Å². The fourth-order valence-corrected chi connectivity index (χ4v) is 3.48. The van der Waals surface area contributed by atoms with Gasteiger partial charge in [-0.05, 0) is 43.4 Å². The Morgan fingerprint density at radius 2 is 1.78 bits per heavy atom. The maximum atomic E-state index is 12.8. The molecule has 0 aliphatic carbocycles. The number of pyridine rings is 1. The van der Waals surface area contributed by atoms with Gasteiger partial charge in [-0.15, -0.1) is 0 Å². The van der Waals surface area contributed by atoms with Gasteiger partial charge >= 0.3 is 0 Å². The van der Waals surface area contributed by atoms with Crippen molar-refractivity contribution in [3.05, 3.63) is 77.3 Å². The molecule has 0 bridgehead atoms. The molecule has 37 heavy (non-hydrogen) atoms. The Labute approximate surface area is 213 Å². The molecule has 184 valence electrons. The molecule has 0 saturated heterocycles. The molecule has 2 heterocycles. The first-order valence-corrected chi connectivity index (χ1v) is 11.3. The highest BCUT2D eigenvalue weighted by Gasteiger charge is 2.14. The Hall–Kier alpha value is -5.06. The lowest BCUT2D eigenvalue weighted by Gasteiger charge is -2.13. The molecule has 2 aromatic carbocycles. The van der Waals surface area contributed by atoms with Crippen molar-refractivity contribution in [2.24, 2.45) is 0 Å². The van der Waals surface area contributed by atoms with Gasteiger partial charge in [-0.25, -0.2) is 4.98 Å². The Morgan fingerprint density at radius 1 is 1.05 bits per heavy atom. The zero-order valence-corrected chi connectivity index (χ0v) is 20.5. The Morgan fingerprint density at radius 3 is 2.43 bits per heavy atom. The zero-order chi connectivity index (χ0) is 26.4. The Bertz CT molecular complexity index is 1510. The predicted octanol–water partition coefficient (Wildman–Crippen LogP) is 4.04. The number of nitrogens with zero attached hydrogens (tertiary/aromatic N) is 6. The molecule has 0 aliphatic heterocycles. The molecule has 10 nitrogen and oxygen atoms in total. The molecule has 0 spiro atoms. The summed E-state index contributed by atoms with van der Waals surface area (Å²) in [4.78, 5) is 23.1. The van der Waals surface area contributed by atoms with E-state index in [1.807, 2.05) is 37.2 Å². The van der Waals surface area contributed by atoms with E-state index in [9.17, 15) is 15.3 Å². The summed E-state index contributed by atoms with van der Waals surface area (Å²) in [5, 5.41) is 25.6. The molecule has 0 fully saturated rings. The average Bonchev–Trinajstić information content (AvgIpc) is 3.34. The summed E-state index contributed by atoms with van der Waals surface area (Å²) in [5.41, 5.74) is 3.30. The second kappa shape index (κ2) is 11.1. The lowest BCUT2D eigenvalue weighted by atomic mass is 9.97. The SMILES string of the molecule is Cc1nc(-c2ccc(-c3ccc(C(=O)Nc4cc(OCCN(C)C)c(C#N)cn4)cc3)c(C#N)c2)no1. The third kappa shape index (κ3) is 5.96. The number of likely N-dealkylation sites (N-methyl/N-ethyl adjacent to an activating group) is 1. The average molecular weight is 494 g/mol.